The van der Waals surface area contributed by atoms with Gasteiger partial charge in [0, 0.05) is 18.2 Å². The van der Waals surface area contributed by atoms with Crippen LogP contribution in [0.3, 0.4) is 0 Å². The quantitative estimate of drug-likeness (QED) is 0.278. The minimum Gasteiger partial charge on any atom is -0.507 e. The summed E-state index contributed by atoms with van der Waals surface area (Å²) in [4.78, 5) is 31.1. The van der Waals surface area contributed by atoms with E-state index >= 15 is 0 Å². The Morgan fingerprint density at radius 1 is 1.03 bits per heavy atom. The van der Waals surface area contributed by atoms with Gasteiger partial charge in [0.2, 0.25) is 0 Å². The van der Waals surface area contributed by atoms with Crippen molar-refractivity contribution in [2.75, 3.05) is 5.32 Å². The van der Waals surface area contributed by atoms with Gasteiger partial charge in [-0.1, -0.05) is 12.1 Å². The van der Waals surface area contributed by atoms with Crippen LogP contribution in [0, 0.1) is 0 Å². The molecular formula is C22H17N3O4. The van der Waals surface area contributed by atoms with Gasteiger partial charge in [0.1, 0.15) is 17.3 Å². The lowest BCUT2D eigenvalue weighted by Gasteiger charge is -2.09. The van der Waals surface area contributed by atoms with Crippen LogP contribution in [0.4, 0.5) is 5.69 Å². The monoisotopic (exact) mass is 387 g/mol. The van der Waals surface area contributed by atoms with E-state index in [1.165, 1.54) is 13.0 Å². The Hall–Kier alpha value is -4.13. The van der Waals surface area contributed by atoms with Crippen LogP contribution in [-0.4, -0.2) is 27.0 Å². The third-order valence-corrected chi connectivity index (χ3v) is 4.28. The first-order valence-electron chi connectivity index (χ1n) is 8.87. The van der Waals surface area contributed by atoms with Gasteiger partial charge in [-0.2, -0.15) is 0 Å². The third kappa shape index (κ3) is 3.93. The lowest BCUT2D eigenvalue weighted by Crippen LogP contribution is -2.12. The largest absolute Gasteiger partial charge is 0.507 e. The number of imidazole rings is 1. The highest BCUT2D eigenvalue weighted by Crippen LogP contribution is 2.31. The first kappa shape index (κ1) is 18.2. The van der Waals surface area contributed by atoms with E-state index in [0.29, 0.717) is 28.4 Å². The van der Waals surface area contributed by atoms with Crippen molar-refractivity contribution in [2.45, 2.75) is 6.92 Å². The first-order valence-corrected chi connectivity index (χ1v) is 8.87. The van der Waals surface area contributed by atoms with E-state index in [-0.39, 0.29) is 11.7 Å². The number of nitrogens with zero attached hydrogens (tertiary/aromatic N) is 1. The third-order valence-electron chi connectivity index (χ3n) is 4.28. The lowest BCUT2D eigenvalue weighted by atomic mass is 10.1. The maximum Gasteiger partial charge on any atom is 0.308 e. The molecule has 4 rings (SSSR count). The number of phenolic OH excluding ortho intramolecular Hbond substituents is 1. The van der Waals surface area contributed by atoms with Crippen molar-refractivity contribution in [3.63, 3.8) is 0 Å². The van der Waals surface area contributed by atoms with Crippen molar-refractivity contribution in [1.82, 2.24) is 9.97 Å². The van der Waals surface area contributed by atoms with Crippen LogP contribution in [0.2, 0.25) is 0 Å². The zero-order chi connectivity index (χ0) is 20.4. The molecule has 0 spiro atoms. The summed E-state index contributed by atoms with van der Waals surface area (Å²) in [7, 11) is 0. The van der Waals surface area contributed by atoms with Gasteiger partial charge in [-0.3, -0.25) is 9.59 Å². The minimum absolute atomic E-state index is 0.0489. The van der Waals surface area contributed by atoms with Gasteiger partial charge in [0.05, 0.1) is 16.6 Å². The van der Waals surface area contributed by atoms with Crippen molar-refractivity contribution >= 4 is 28.6 Å². The molecule has 0 bridgehead atoms. The number of hydrogen-bond acceptors (Lipinski definition) is 5. The van der Waals surface area contributed by atoms with Gasteiger partial charge in [-0.05, 0) is 54.6 Å². The van der Waals surface area contributed by atoms with Crippen molar-refractivity contribution < 1.29 is 19.4 Å². The second-order valence-corrected chi connectivity index (χ2v) is 6.41. The van der Waals surface area contributed by atoms with Gasteiger partial charge < -0.3 is 20.1 Å². The van der Waals surface area contributed by atoms with Crippen LogP contribution in [0.1, 0.15) is 17.3 Å². The summed E-state index contributed by atoms with van der Waals surface area (Å²) >= 11 is 0. The van der Waals surface area contributed by atoms with Crippen LogP contribution in [0.25, 0.3) is 22.4 Å². The number of rotatable bonds is 4. The highest BCUT2D eigenvalue weighted by Gasteiger charge is 2.13. The number of aromatic nitrogens is 2. The van der Waals surface area contributed by atoms with Crippen LogP contribution in [-0.2, 0) is 4.79 Å². The van der Waals surface area contributed by atoms with Crippen molar-refractivity contribution in [3.8, 4) is 22.9 Å². The Labute approximate surface area is 166 Å². The fourth-order valence-electron chi connectivity index (χ4n) is 2.93. The van der Waals surface area contributed by atoms with E-state index in [1.54, 1.807) is 36.4 Å². The second kappa shape index (κ2) is 7.47. The molecule has 7 nitrogen and oxygen atoms in total. The van der Waals surface area contributed by atoms with E-state index in [2.05, 4.69) is 15.3 Å². The molecule has 29 heavy (non-hydrogen) atoms. The van der Waals surface area contributed by atoms with E-state index < -0.39 is 5.97 Å². The number of anilines is 1. The number of fused-ring (bicyclic) bond motifs is 1. The van der Waals surface area contributed by atoms with Gasteiger partial charge in [-0.15, -0.1) is 0 Å². The molecule has 0 saturated carbocycles. The summed E-state index contributed by atoms with van der Waals surface area (Å²) in [5.41, 5.74) is 3.02. The van der Waals surface area contributed by atoms with Crippen molar-refractivity contribution in [1.29, 1.82) is 0 Å². The maximum atomic E-state index is 12.5. The molecule has 4 aromatic rings. The molecule has 0 aliphatic rings. The topological polar surface area (TPSA) is 104 Å². The van der Waals surface area contributed by atoms with Crippen LogP contribution >= 0.6 is 0 Å². The zero-order valence-electron chi connectivity index (χ0n) is 15.5. The molecule has 1 aromatic heterocycles. The van der Waals surface area contributed by atoms with Gasteiger partial charge >= 0.3 is 5.97 Å². The molecule has 0 fully saturated rings. The number of aromatic amines is 1. The molecule has 3 aromatic carbocycles. The molecule has 144 valence electrons. The molecule has 3 N–H and O–H groups in total. The number of ether oxygens (including phenoxy) is 1. The summed E-state index contributed by atoms with van der Waals surface area (Å²) in [6.07, 6.45) is 0. The fourth-order valence-corrected chi connectivity index (χ4v) is 2.93. The second-order valence-electron chi connectivity index (χ2n) is 6.41. The fraction of sp³-hybridized carbons (Fsp3) is 0.0455. The number of para-hydroxylation sites is 2. The zero-order valence-corrected chi connectivity index (χ0v) is 15.5. The Balaban J connectivity index is 1.57. The van der Waals surface area contributed by atoms with E-state index in [0.717, 1.165) is 11.0 Å². The number of hydrogen-bond donors (Lipinski definition) is 3. The standard InChI is InChI=1S/C22H17N3O4/c1-13(26)29-16-9-6-14(7-10-16)22(28)23-15-8-11-20(27)17(12-15)21-24-18-4-2-3-5-19(18)25-21/h2-12,27H,1H3,(H,23,28)(H,24,25). The van der Waals surface area contributed by atoms with Gasteiger partial charge in [0.25, 0.3) is 5.91 Å². The molecule has 0 saturated heterocycles. The number of aromatic hydroxyl groups is 1. The molecule has 0 radical (unpaired) electrons. The normalized spacial score (nSPS) is 10.7. The molecular weight excluding hydrogens is 370 g/mol. The molecule has 0 aliphatic heterocycles. The van der Waals surface area contributed by atoms with E-state index in [1.807, 2.05) is 24.3 Å². The predicted octanol–water partition coefficient (Wildman–Crippen LogP) is 4.11. The summed E-state index contributed by atoms with van der Waals surface area (Å²) in [5, 5.41) is 13.0. The summed E-state index contributed by atoms with van der Waals surface area (Å²) in [5.74, 6) is 0.161. The van der Waals surface area contributed by atoms with Crippen LogP contribution in [0.5, 0.6) is 11.5 Å². The minimum atomic E-state index is -0.426. The number of benzene rings is 3. The van der Waals surface area contributed by atoms with E-state index in [4.69, 9.17) is 4.74 Å². The maximum absolute atomic E-state index is 12.5. The molecule has 0 unspecified atom stereocenters. The lowest BCUT2D eigenvalue weighted by molar-refractivity contribution is -0.131. The van der Waals surface area contributed by atoms with Crippen LogP contribution < -0.4 is 10.1 Å². The Bertz CT molecular complexity index is 1180. The number of amides is 1. The molecule has 1 amide bonds. The highest BCUT2D eigenvalue weighted by molar-refractivity contribution is 6.04. The number of phenols is 1. The number of nitrogens with one attached hydrogen (secondary N) is 2. The highest BCUT2D eigenvalue weighted by atomic mass is 16.5. The number of carbonyl (C=O) groups is 2. The molecule has 0 atom stereocenters. The average Bonchev–Trinajstić information content (AvgIpc) is 3.13. The van der Waals surface area contributed by atoms with Crippen molar-refractivity contribution in [3.05, 3.63) is 72.3 Å². The molecule has 0 aliphatic carbocycles. The van der Waals surface area contributed by atoms with Crippen molar-refractivity contribution in [2.24, 2.45) is 0 Å². The number of esters is 1. The average molecular weight is 387 g/mol. The van der Waals surface area contributed by atoms with Crippen LogP contribution in [0.15, 0.2) is 66.7 Å². The Kier molecular flexibility index (Phi) is 4.70. The summed E-state index contributed by atoms with van der Waals surface area (Å²) in [6.45, 7) is 1.31. The Morgan fingerprint density at radius 3 is 2.52 bits per heavy atom. The molecule has 7 heteroatoms. The summed E-state index contributed by atoms with van der Waals surface area (Å²) in [6, 6.07) is 18.5. The first-order chi connectivity index (χ1) is 14.0. The number of carbonyl (C=O) groups excluding carboxylic acids is 2. The predicted molar refractivity (Wildman–Crippen MR) is 109 cm³/mol. The van der Waals surface area contributed by atoms with Gasteiger partial charge in [-0.25, -0.2) is 4.98 Å². The Morgan fingerprint density at radius 2 is 1.79 bits per heavy atom. The number of H-pyrrole nitrogens is 1. The SMILES string of the molecule is CC(=O)Oc1ccc(C(=O)Nc2ccc(O)c(-c3nc4ccccc4[nH]3)c2)cc1. The smallest absolute Gasteiger partial charge is 0.308 e. The summed E-state index contributed by atoms with van der Waals surface area (Å²) < 4.78 is 4.96. The van der Waals surface area contributed by atoms with Gasteiger partial charge in [0.15, 0.2) is 0 Å². The molecule has 1 heterocycles. The van der Waals surface area contributed by atoms with E-state index in [9.17, 15) is 14.7 Å².